The fourth-order valence-electron chi connectivity index (χ4n) is 2.86. The number of nitrogens with zero attached hydrogens (tertiary/aromatic N) is 3. The van der Waals surface area contributed by atoms with Crippen molar-refractivity contribution < 1.29 is 14.3 Å². The minimum Gasteiger partial charge on any atom is -0.412 e. The average Bonchev–Trinajstić information content (AvgIpc) is 3.05. The molecule has 150 valence electrons. The molecule has 1 unspecified atom stereocenters. The molecule has 2 aromatic rings. The lowest BCUT2D eigenvalue weighted by atomic mass is 10.1. The highest BCUT2D eigenvalue weighted by Gasteiger charge is 2.32. The molecular formula is C18H24N6O4. The van der Waals surface area contributed by atoms with Crippen LogP contribution in [-0.4, -0.2) is 54.6 Å². The van der Waals surface area contributed by atoms with Gasteiger partial charge in [0.25, 0.3) is 12.0 Å². The van der Waals surface area contributed by atoms with E-state index in [2.05, 4.69) is 15.3 Å². The summed E-state index contributed by atoms with van der Waals surface area (Å²) in [5, 5.41) is 2.91. The molecule has 10 heteroatoms. The first kappa shape index (κ1) is 19.6. The first-order valence-electron chi connectivity index (χ1n) is 8.85. The van der Waals surface area contributed by atoms with Crippen LogP contribution < -0.4 is 21.5 Å². The fraction of sp³-hybridized carbons (Fsp3) is 0.389. The Balaban J connectivity index is 1.77. The summed E-state index contributed by atoms with van der Waals surface area (Å²) in [6, 6.07) is 7.17. The molecule has 0 aliphatic carbocycles. The molecule has 0 radical (unpaired) electrons. The Bertz CT molecular complexity index is 896. The van der Waals surface area contributed by atoms with E-state index in [0.717, 1.165) is 12.1 Å². The molecule has 2 heterocycles. The summed E-state index contributed by atoms with van der Waals surface area (Å²) in [5.74, 6) is -0.301. The third kappa shape index (κ3) is 4.24. The van der Waals surface area contributed by atoms with Crippen molar-refractivity contribution in [3.8, 4) is 0 Å². The van der Waals surface area contributed by atoms with E-state index in [1.807, 2.05) is 31.1 Å². The lowest BCUT2D eigenvalue weighted by Gasteiger charge is -2.27. The SMILES string of the molecule is CCOC(OC(=O)c1ccc(CN(C)C)cc1)N1CNc2c1nc(N)[nH]c2=O. The number of carbonyl (C=O) groups excluding carboxylic acids is 1. The molecule has 0 bridgehead atoms. The van der Waals surface area contributed by atoms with Crippen LogP contribution in [0.5, 0.6) is 0 Å². The predicted octanol–water partition coefficient (Wildman–Crippen LogP) is 0.780. The number of hydrogen-bond acceptors (Lipinski definition) is 9. The van der Waals surface area contributed by atoms with Gasteiger partial charge in [-0.15, -0.1) is 0 Å². The van der Waals surface area contributed by atoms with Crippen LogP contribution in [-0.2, 0) is 16.0 Å². The highest BCUT2D eigenvalue weighted by molar-refractivity contribution is 5.89. The maximum atomic E-state index is 12.6. The molecule has 1 atom stereocenters. The molecule has 0 saturated carbocycles. The van der Waals surface area contributed by atoms with E-state index in [0.29, 0.717) is 12.2 Å². The molecule has 0 saturated heterocycles. The number of fused-ring (bicyclic) bond motifs is 1. The Hall–Kier alpha value is -3.11. The first-order chi connectivity index (χ1) is 13.4. The van der Waals surface area contributed by atoms with Crippen LogP contribution in [0.3, 0.4) is 0 Å². The van der Waals surface area contributed by atoms with Crippen molar-refractivity contribution in [1.82, 2.24) is 14.9 Å². The molecule has 0 spiro atoms. The van der Waals surface area contributed by atoms with Crippen LogP contribution in [0.25, 0.3) is 0 Å². The lowest BCUT2D eigenvalue weighted by molar-refractivity contribution is -0.105. The van der Waals surface area contributed by atoms with Gasteiger partial charge in [-0.3, -0.25) is 14.7 Å². The Morgan fingerprint density at radius 1 is 1.36 bits per heavy atom. The average molecular weight is 388 g/mol. The standard InChI is InChI=1S/C18H24N6O4/c1-4-27-18(24-10-20-13-14(24)21-17(19)22-15(13)25)28-16(26)12-7-5-11(6-8-12)9-23(2)3/h5-8,18,20H,4,9-10H2,1-3H3,(H3,19,21,22,25). The highest BCUT2D eigenvalue weighted by Crippen LogP contribution is 2.28. The molecule has 0 amide bonds. The highest BCUT2D eigenvalue weighted by atomic mass is 16.7. The number of hydrogen-bond donors (Lipinski definition) is 3. The van der Waals surface area contributed by atoms with Gasteiger partial charge in [-0.25, -0.2) is 4.79 Å². The molecule has 0 fully saturated rings. The van der Waals surface area contributed by atoms with Crippen LogP contribution >= 0.6 is 0 Å². The van der Waals surface area contributed by atoms with Gasteiger partial charge in [-0.05, 0) is 38.7 Å². The minimum absolute atomic E-state index is 0.0319. The largest absolute Gasteiger partial charge is 0.412 e. The normalized spacial score (nSPS) is 13.9. The number of nitrogens with one attached hydrogen (secondary N) is 2. The van der Waals surface area contributed by atoms with Gasteiger partial charge in [0.05, 0.1) is 12.2 Å². The Morgan fingerprint density at radius 3 is 2.71 bits per heavy atom. The fourth-order valence-corrected chi connectivity index (χ4v) is 2.86. The van der Waals surface area contributed by atoms with Gasteiger partial charge < -0.3 is 25.4 Å². The summed E-state index contributed by atoms with van der Waals surface area (Å²) in [6.45, 7) is 3.04. The summed E-state index contributed by atoms with van der Waals surface area (Å²) >= 11 is 0. The zero-order valence-corrected chi connectivity index (χ0v) is 16.1. The Labute approximate surface area is 162 Å². The molecule has 1 aromatic heterocycles. The second-order valence-corrected chi connectivity index (χ2v) is 6.56. The van der Waals surface area contributed by atoms with Crippen LogP contribution in [0.4, 0.5) is 17.5 Å². The molecular weight excluding hydrogens is 364 g/mol. The molecule has 1 aromatic carbocycles. The second kappa shape index (κ2) is 8.28. The molecule has 1 aliphatic heterocycles. The second-order valence-electron chi connectivity index (χ2n) is 6.56. The minimum atomic E-state index is -1.05. The number of rotatable bonds is 7. The summed E-state index contributed by atoms with van der Waals surface area (Å²) in [7, 11) is 3.95. The predicted molar refractivity (Wildman–Crippen MR) is 105 cm³/mol. The van der Waals surface area contributed by atoms with Crippen molar-refractivity contribution in [2.24, 2.45) is 0 Å². The number of H-pyrrole nitrogens is 1. The number of aromatic amines is 1. The third-order valence-corrected chi connectivity index (χ3v) is 4.08. The van der Waals surface area contributed by atoms with Crippen LogP contribution in [0, 0.1) is 0 Å². The number of benzene rings is 1. The van der Waals surface area contributed by atoms with E-state index in [-0.39, 0.29) is 24.1 Å². The van der Waals surface area contributed by atoms with Gasteiger partial charge in [0.2, 0.25) is 5.95 Å². The topological polar surface area (TPSA) is 126 Å². The van der Waals surface area contributed by atoms with Gasteiger partial charge >= 0.3 is 5.97 Å². The van der Waals surface area contributed by atoms with E-state index in [1.54, 1.807) is 19.1 Å². The number of anilines is 3. The molecule has 28 heavy (non-hydrogen) atoms. The van der Waals surface area contributed by atoms with Gasteiger partial charge in [0, 0.05) is 13.2 Å². The van der Waals surface area contributed by atoms with Crippen molar-refractivity contribution in [1.29, 1.82) is 0 Å². The van der Waals surface area contributed by atoms with Crippen molar-refractivity contribution in [2.75, 3.05) is 43.3 Å². The number of ether oxygens (including phenoxy) is 2. The maximum absolute atomic E-state index is 12.6. The third-order valence-electron chi connectivity index (χ3n) is 4.08. The Morgan fingerprint density at radius 2 is 2.07 bits per heavy atom. The summed E-state index contributed by atoms with van der Waals surface area (Å²) in [6.07, 6.45) is -1.05. The number of carbonyl (C=O) groups is 1. The van der Waals surface area contributed by atoms with Crippen LogP contribution in [0.1, 0.15) is 22.8 Å². The summed E-state index contributed by atoms with van der Waals surface area (Å²) in [4.78, 5) is 34.7. The van der Waals surface area contributed by atoms with E-state index in [1.165, 1.54) is 4.90 Å². The van der Waals surface area contributed by atoms with E-state index in [9.17, 15) is 9.59 Å². The molecule has 4 N–H and O–H groups in total. The van der Waals surface area contributed by atoms with Crippen molar-refractivity contribution >= 4 is 23.4 Å². The van der Waals surface area contributed by atoms with Gasteiger partial charge in [-0.2, -0.15) is 4.98 Å². The van der Waals surface area contributed by atoms with Crippen molar-refractivity contribution in [3.05, 3.63) is 45.7 Å². The number of esters is 1. The summed E-state index contributed by atoms with van der Waals surface area (Å²) in [5.41, 5.74) is 6.97. The Kier molecular flexibility index (Phi) is 5.81. The van der Waals surface area contributed by atoms with E-state index < -0.39 is 17.9 Å². The summed E-state index contributed by atoms with van der Waals surface area (Å²) < 4.78 is 11.1. The number of aromatic nitrogens is 2. The van der Waals surface area contributed by atoms with E-state index in [4.69, 9.17) is 15.2 Å². The lowest BCUT2D eigenvalue weighted by Crippen LogP contribution is -2.41. The number of nitrogen functional groups attached to an aromatic ring is 1. The first-order valence-corrected chi connectivity index (χ1v) is 8.85. The van der Waals surface area contributed by atoms with E-state index >= 15 is 0 Å². The smallest absolute Gasteiger partial charge is 0.341 e. The molecule has 10 nitrogen and oxygen atoms in total. The monoisotopic (exact) mass is 388 g/mol. The maximum Gasteiger partial charge on any atom is 0.341 e. The van der Waals surface area contributed by atoms with Crippen molar-refractivity contribution in [3.63, 3.8) is 0 Å². The molecule has 3 rings (SSSR count). The van der Waals surface area contributed by atoms with Gasteiger partial charge in [-0.1, -0.05) is 12.1 Å². The molecule has 1 aliphatic rings. The zero-order valence-electron chi connectivity index (χ0n) is 16.1. The van der Waals surface area contributed by atoms with Crippen LogP contribution in [0.15, 0.2) is 29.1 Å². The quantitative estimate of drug-likeness (QED) is 0.466. The zero-order chi connectivity index (χ0) is 20.3. The number of nitrogens with two attached hydrogens (primary N) is 1. The van der Waals surface area contributed by atoms with Gasteiger partial charge in [0.15, 0.2) is 5.82 Å². The van der Waals surface area contributed by atoms with Gasteiger partial charge in [0.1, 0.15) is 5.69 Å². The van der Waals surface area contributed by atoms with Crippen molar-refractivity contribution in [2.45, 2.75) is 19.9 Å². The van der Waals surface area contributed by atoms with Crippen LogP contribution in [0.2, 0.25) is 0 Å².